The fraction of sp³-hybridized carbons (Fsp3) is 0.192. The number of sulfonamides is 1. The van der Waals surface area contributed by atoms with E-state index in [1.54, 1.807) is 31.2 Å². The molecule has 0 saturated heterocycles. The third-order valence-electron chi connectivity index (χ3n) is 5.85. The lowest BCUT2D eigenvalue weighted by Crippen LogP contribution is -2.27. The Kier molecular flexibility index (Phi) is 7.66. The molecule has 1 unspecified atom stereocenters. The minimum Gasteiger partial charge on any atom is -0.480 e. The Labute approximate surface area is 225 Å². The number of hydrogen-bond donors (Lipinski definition) is 2. The Morgan fingerprint density at radius 3 is 2.26 bits per heavy atom. The van der Waals surface area contributed by atoms with Crippen LogP contribution in [-0.2, 0) is 21.0 Å². The second-order valence-electron chi connectivity index (χ2n) is 8.61. The summed E-state index contributed by atoms with van der Waals surface area (Å²) in [5, 5.41) is 9.81. The second-order valence-corrected chi connectivity index (χ2v) is 11.3. The van der Waals surface area contributed by atoms with E-state index >= 15 is 0 Å². The first-order valence-electron chi connectivity index (χ1n) is 11.5. The van der Waals surface area contributed by atoms with Crippen LogP contribution in [0, 0.1) is 6.92 Å². The number of aromatic nitrogens is 1. The summed E-state index contributed by atoms with van der Waals surface area (Å²) in [5.74, 6) is -1.70. The molecule has 39 heavy (non-hydrogen) atoms. The maximum atomic E-state index is 12.8. The summed E-state index contributed by atoms with van der Waals surface area (Å²) >= 11 is 1.00. The number of amides is 1. The van der Waals surface area contributed by atoms with E-state index in [-0.39, 0.29) is 21.8 Å². The minimum absolute atomic E-state index is 0.0931. The third-order valence-corrected chi connectivity index (χ3v) is 8.26. The maximum Gasteiger partial charge on any atom is 0.416 e. The number of hydrogen-bond acceptors (Lipinski definition) is 5. The second kappa shape index (κ2) is 10.7. The molecule has 0 aliphatic carbocycles. The Bertz CT molecular complexity index is 1720. The SMILES string of the molecule is CCC(C(=O)O)n1/c(=N/C(=O)c2ccc(C)cc2)sc2cc(NS(=O)(=O)c3ccc(C(F)(F)F)cc3)ccc21. The Morgan fingerprint density at radius 1 is 1.05 bits per heavy atom. The zero-order chi connectivity index (χ0) is 28.5. The molecule has 0 spiro atoms. The van der Waals surface area contributed by atoms with Gasteiger partial charge in [-0.05, 0) is 67.9 Å². The summed E-state index contributed by atoms with van der Waals surface area (Å²) in [5.41, 5.74) is 0.800. The van der Waals surface area contributed by atoms with Gasteiger partial charge in [0.2, 0.25) is 0 Å². The summed E-state index contributed by atoms with van der Waals surface area (Å²) in [6, 6.07) is 13.1. The molecule has 4 aromatic rings. The van der Waals surface area contributed by atoms with Gasteiger partial charge in [0, 0.05) is 5.56 Å². The highest BCUT2D eigenvalue weighted by molar-refractivity contribution is 7.92. The first-order valence-corrected chi connectivity index (χ1v) is 13.8. The molecule has 0 radical (unpaired) electrons. The van der Waals surface area contributed by atoms with Crippen LogP contribution in [0.5, 0.6) is 0 Å². The van der Waals surface area contributed by atoms with Gasteiger partial charge in [-0.1, -0.05) is 36.0 Å². The van der Waals surface area contributed by atoms with Gasteiger partial charge in [-0.25, -0.2) is 13.2 Å². The fourth-order valence-electron chi connectivity index (χ4n) is 3.84. The quantitative estimate of drug-likeness (QED) is 0.296. The van der Waals surface area contributed by atoms with Crippen LogP contribution in [0.25, 0.3) is 10.2 Å². The molecular weight excluding hydrogens is 555 g/mol. The molecule has 2 N–H and O–H groups in total. The van der Waals surface area contributed by atoms with Gasteiger partial charge in [-0.15, -0.1) is 0 Å². The van der Waals surface area contributed by atoms with E-state index in [2.05, 4.69) is 9.71 Å². The largest absolute Gasteiger partial charge is 0.480 e. The van der Waals surface area contributed by atoms with E-state index in [1.165, 1.54) is 22.8 Å². The number of alkyl halides is 3. The van der Waals surface area contributed by atoms with Crippen LogP contribution < -0.4 is 9.52 Å². The smallest absolute Gasteiger partial charge is 0.416 e. The van der Waals surface area contributed by atoms with Gasteiger partial charge in [0.15, 0.2) is 4.80 Å². The molecule has 0 fully saturated rings. The van der Waals surface area contributed by atoms with E-state index < -0.39 is 39.7 Å². The van der Waals surface area contributed by atoms with Gasteiger partial charge < -0.3 is 9.67 Å². The molecule has 1 heterocycles. The predicted octanol–water partition coefficient (Wildman–Crippen LogP) is 5.61. The van der Waals surface area contributed by atoms with Crippen LogP contribution in [0.4, 0.5) is 18.9 Å². The standard InChI is InChI=1S/C26H22F3N3O5S2/c1-3-20(24(34)35)32-21-13-10-18(31-39(36,37)19-11-8-17(9-12-19)26(27,28)29)14-22(21)38-25(32)30-23(33)16-6-4-15(2)5-7-16/h4-14,20,31H,3H2,1-2H3,(H,34,35)/b30-25-. The maximum absolute atomic E-state index is 12.8. The van der Waals surface area contributed by atoms with E-state index in [9.17, 15) is 36.3 Å². The number of nitrogens with one attached hydrogen (secondary N) is 1. The molecule has 1 amide bonds. The summed E-state index contributed by atoms with van der Waals surface area (Å²) in [7, 11) is -4.23. The van der Waals surface area contributed by atoms with Crippen molar-refractivity contribution in [2.24, 2.45) is 4.99 Å². The van der Waals surface area contributed by atoms with Crippen molar-refractivity contribution in [3.63, 3.8) is 0 Å². The molecule has 0 aliphatic heterocycles. The van der Waals surface area contributed by atoms with Gasteiger partial charge in [-0.2, -0.15) is 18.2 Å². The van der Waals surface area contributed by atoms with Crippen molar-refractivity contribution < 1.29 is 36.3 Å². The number of rotatable bonds is 7. The number of fused-ring (bicyclic) bond motifs is 1. The molecular formula is C26H22F3N3O5S2. The van der Waals surface area contributed by atoms with Crippen molar-refractivity contribution >= 4 is 49.1 Å². The number of carboxylic acid groups (broad SMARTS) is 1. The average Bonchev–Trinajstić information content (AvgIpc) is 3.20. The summed E-state index contributed by atoms with van der Waals surface area (Å²) in [6.45, 7) is 3.54. The van der Waals surface area contributed by atoms with E-state index in [0.29, 0.717) is 27.9 Å². The predicted molar refractivity (Wildman–Crippen MR) is 140 cm³/mol. The number of nitrogens with zero attached hydrogens (tertiary/aromatic N) is 2. The zero-order valence-corrected chi connectivity index (χ0v) is 22.2. The number of anilines is 1. The van der Waals surface area contributed by atoms with Gasteiger partial charge in [0.25, 0.3) is 15.9 Å². The van der Waals surface area contributed by atoms with Crippen LogP contribution in [-0.4, -0.2) is 30.0 Å². The normalized spacial score (nSPS) is 13.4. The Hall–Kier alpha value is -3.97. The van der Waals surface area contributed by atoms with E-state index in [1.807, 2.05) is 6.92 Å². The minimum atomic E-state index is -4.61. The van der Waals surface area contributed by atoms with Crippen LogP contribution in [0.3, 0.4) is 0 Å². The number of aryl methyl sites for hydroxylation is 1. The molecule has 3 aromatic carbocycles. The Balaban J connectivity index is 1.76. The number of thiazole rings is 1. The van der Waals surface area contributed by atoms with Crippen molar-refractivity contribution in [2.75, 3.05) is 4.72 Å². The van der Waals surface area contributed by atoms with Gasteiger partial charge >= 0.3 is 12.1 Å². The van der Waals surface area contributed by atoms with Crippen LogP contribution >= 0.6 is 11.3 Å². The zero-order valence-electron chi connectivity index (χ0n) is 20.6. The lowest BCUT2D eigenvalue weighted by atomic mass is 10.1. The Morgan fingerprint density at radius 2 is 1.69 bits per heavy atom. The van der Waals surface area contributed by atoms with Gasteiger partial charge in [0.05, 0.1) is 26.4 Å². The topological polar surface area (TPSA) is 118 Å². The van der Waals surface area contributed by atoms with E-state index in [4.69, 9.17) is 0 Å². The lowest BCUT2D eigenvalue weighted by Gasteiger charge is -2.14. The van der Waals surface area contributed by atoms with Gasteiger partial charge in [0.1, 0.15) is 6.04 Å². The molecule has 8 nitrogen and oxygen atoms in total. The highest BCUT2D eigenvalue weighted by atomic mass is 32.2. The van der Waals surface area contributed by atoms with E-state index in [0.717, 1.165) is 29.0 Å². The number of carbonyl (C=O) groups excluding carboxylic acids is 1. The number of carboxylic acids is 1. The number of benzene rings is 3. The molecule has 204 valence electrons. The number of halogens is 3. The molecule has 0 bridgehead atoms. The first kappa shape index (κ1) is 28.0. The van der Waals surface area contributed by atoms with Crippen molar-refractivity contribution in [3.05, 3.63) is 88.2 Å². The van der Waals surface area contributed by atoms with Crippen molar-refractivity contribution in [1.29, 1.82) is 0 Å². The fourth-order valence-corrected chi connectivity index (χ4v) is 5.99. The molecule has 1 atom stereocenters. The van der Waals surface area contributed by atoms with Crippen LogP contribution in [0.1, 0.15) is 40.9 Å². The number of carbonyl (C=O) groups is 2. The van der Waals surface area contributed by atoms with Gasteiger partial charge in [-0.3, -0.25) is 9.52 Å². The molecule has 0 saturated carbocycles. The van der Waals surface area contributed by atoms with Crippen molar-refractivity contribution in [3.8, 4) is 0 Å². The number of aliphatic carboxylic acids is 1. The molecule has 13 heteroatoms. The average molecular weight is 578 g/mol. The van der Waals surface area contributed by atoms with Crippen LogP contribution in [0.2, 0.25) is 0 Å². The first-order chi connectivity index (χ1) is 18.3. The molecule has 1 aromatic heterocycles. The highest BCUT2D eigenvalue weighted by Gasteiger charge is 2.30. The van der Waals surface area contributed by atoms with Crippen molar-refractivity contribution in [1.82, 2.24) is 4.57 Å². The summed E-state index contributed by atoms with van der Waals surface area (Å²) in [6.07, 6.45) is -4.42. The molecule has 4 rings (SSSR count). The lowest BCUT2D eigenvalue weighted by molar-refractivity contribution is -0.141. The highest BCUT2D eigenvalue weighted by Crippen LogP contribution is 2.31. The monoisotopic (exact) mass is 577 g/mol. The third kappa shape index (κ3) is 6.04. The van der Waals surface area contributed by atoms with Crippen molar-refractivity contribution in [2.45, 2.75) is 37.4 Å². The van der Waals surface area contributed by atoms with Crippen LogP contribution in [0.15, 0.2) is 76.6 Å². The molecule has 0 aliphatic rings. The summed E-state index contributed by atoms with van der Waals surface area (Å²) in [4.78, 5) is 28.8. The summed E-state index contributed by atoms with van der Waals surface area (Å²) < 4.78 is 68.3.